The minimum atomic E-state index is -2.99. The van der Waals surface area contributed by atoms with E-state index in [0.29, 0.717) is 12.8 Å². The van der Waals surface area contributed by atoms with Gasteiger partial charge in [0.1, 0.15) is 11.4 Å². The van der Waals surface area contributed by atoms with Crippen LogP contribution in [0.5, 0.6) is 0 Å². The summed E-state index contributed by atoms with van der Waals surface area (Å²) in [5.41, 5.74) is -0.713. The van der Waals surface area contributed by atoms with Gasteiger partial charge in [-0.1, -0.05) is 0 Å². The molecule has 116 valence electrons. The number of halogens is 2. The number of carbonyl (C=O) groups is 1. The van der Waals surface area contributed by atoms with Crippen LogP contribution in [0.1, 0.15) is 33.6 Å². The van der Waals surface area contributed by atoms with Crippen LogP contribution in [-0.2, 0) is 14.5 Å². The lowest BCUT2D eigenvalue weighted by Gasteiger charge is -2.18. The third kappa shape index (κ3) is 4.03. The Bertz CT molecular complexity index is 686. The molecule has 0 N–H and O–H groups in total. The fraction of sp³-hybridized carbons (Fsp3) is 0.500. The van der Waals surface area contributed by atoms with E-state index in [2.05, 4.69) is 20.3 Å². The Morgan fingerprint density at radius 2 is 2.05 bits per heavy atom. The average molecular weight is 378 g/mol. The molecule has 0 spiro atoms. The highest BCUT2D eigenvalue weighted by Crippen LogP contribution is 2.36. The summed E-state index contributed by atoms with van der Waals surface area (Å²) in [5, 5.41) is -0.217. The Hall–Kier alpha value is -0.950. The van der Waals surface area contributed by atoms with Gasteiger partial charge in [-0.2, -0.15) is 0 Å². The fourth-order valence-corrected chi connectivity index (χ4v) is 4.21. The first-order valence-corrected chi connectivity index (χ1v) is 8.93. The molecule has 1 aliphatic carbocycles. The molecule has 1 fully saturated rings. The van der Waals surface area contributed by atoms with Gasteiger partial charge in [-0.05, 0) is 67.7 Å². The lowest BCUT2D eigenvalue weighted by molar-refractivity contribution is 0.0607. The zero-order valence-electron chi connectivity index (χ0n) is 12.1. The highest BCUT2D eigenvalue weighted by Gasteiger charge is 2.37. The standard InChI is InChI=1S/C14H17BrFNO3S/c1-14(2,3)20-13(18)17-21(19,9-4-5-9)10-6-7-11(15)12(16)8-10/h6-9H,4-5H2,1-3H3. The second kappa shape index (κ2) is 5.68. The Morgan fingerprint density at radius 1 is 1.43 bits per heavy atom. The third-order valence-corrected chi connectivity index (χ3v) is 6.18. The summed E-state index contributed by atoms with van der Waals surface area (Å²) in [5.74, 6) is -0.528. The number of rotatable bonds is 2. The summed E-state index contributed by atoms with van der Waals surface area (Å²) in [6.45, 7) is 5.12. The zero-order chi connectivity index (χ0) is 15.8. The van der Waals surface area contributed by atoms with Gasteiger partial charge in [-0.3, -0.25) is 0 Å². The molecule has 4 nitrogen and oxygen atoms in total. The van der Waals surface area contributed by atoms with Crippen LogP contribution in [0, 0.1) is 5.82 Å². The van der Waals surface area contributed by atoms with E-state index in [4.69, 9.17) is 4.74 Å². The largest absolute Gasteiger partial charge is 0.442 e. The number of hydrogen-bond acceptors (Lipinski definition) is 3. The van der Waals surface area contributed by atoms with E-state index in [-0.39, 0.29) is 14.6 Å². The lowest BCUT2D eigenvalue weighted by Crippen LogP contribution is -2.23. The van der Waals surface area contributed by atoms with Crippen LogP contribution < -0.4 is 0 Å². The Kier molecular flexibility index (Phi) is 4.44. The smallest absolute Gasteiger partial charge is 0.442 e. The van der Waals surface area contributed by atoms with E-state index in [1.165, 1.54) is 18.2 Å². The second-order valence-electron chi connectivity index (χ2n) is 5.92. The summed E-state index contributed by atoms with van der Waals surface area (Å²) in [7, 11) is -2.99. The van der Waals surface area contributed by atoms with Crippen molar-refractivity contribution >= 4 is 31.8 Å². The number of ether oxygens (including phenoxy) is 1. The van der Waals surface area contributed by atoms with Crippen molar-refractivity contribution in [2.75, 3.05) is 0 Å². The molecule has 0 bridgehead atoms. The Labute approximate surface area is 132 Å². The average Bonchev–Trinajstić information content (AvgIpc) is 3.13. The van der Waals surface area contributed by atoms with E-state index in [0.717, 1.165) is 0 Å². The van der Waals surface area contributed by atoms with Crippen LogP contribution in [0.4, 0.5) is 9.18 Å². The number of carbonyl (C=O) groups excluding carboxylic acids is 1. The van der Waals surface area contributed by atoms with Gasteiger partial charge in [0.15, 0.2) is 0 Å². The van der Waals surface area contributed by atoms with Gasteiger partial charge in [0.25, 0.3) is 0 Å². The number of benzene rings is 1. The van der Waals surface area contributed by atoms with Gasteiger partial charge in [-0.25, -0.2) is 13.4 Å². The molecular formula is C14H17BrFNO3S. The van der Waals surface area contributed by atoms with Crippen LogP contribution >= 0.6 is 15.9 Å². The number of hydrogen-bond donors (Lipinski definition) is 0. The molecule has 0 aromatic heterocycles. The summed E-state index contributed by atoms with van der Waals surface area (Å²) in [6.07, 6.45) is 0.550. The Morgan fingerprint density at radius 3 is 2.52 bits per heavy atom. The number of amides is 1. The summed E-state index contributed by atoms with van der Waals surface area (Å²) < 4.78 is 35.9. The fourth-order valence-electron chi connectivity index (χ4n) is 1.76. The molecule has 1 aromatic rings. The van der Waals surface area contributed by atoms with E-state index < -0.39 is 27.2 Å². The van der Waals surface area contributed by atoms with E-state index >= 15 is 0 Å². The topological polar surface area (TPSA) is 55.7 Å². The predicted molar refractivity (Wildman–Crippen MR) is 82.2 cm³/mol. The van der Waals surface area contributed by atoms with Crippen molar-refractivity contribution in [2.24, 2.45) is 4.36 Å². The molecule has 21 heavy (non-hydrogen) atoms. The monoisotopic (exact) mass is 377 g/mol. The number of nitrogens with zero attached hydrogens (tertiary/aromatic N) is 1. The summed E-state index contributed by atoms with van der Waals surface area (Å²) >= 11 is 3.05. The normalized spacial score (nSPS) is 18.0. The molecule has 2 rings (SSSR count). The van der Waals surface area contributed by atoms with Gasteiger partial charge in [-0.15, -0.1) is 4.36 Å². The molecule has 1 unspecified atom stereocenters. The van der Waals surface area contributed by atoms with Crippen molar-refractivity contribution in [2.45, 2.75) is 49.4 Å². The van der Waals surface area contributed by atoms with Crippen molar-refractivity contribution in [3.63, 3.8) is 0 Å². The lowest BCUT2D eigenvalue weighted by atomic mass is 10.2. The van der Waals surface area contributed by atoms with Crippen molar-refractivity contribution in [3.05, 3.63) is 28.5 Å². The predicted octanol–water partition coefficient (Wildman–Crippen LogP) is 4.51. The molecule has 1 aliphatic rings. The first-order valence-electron chi connectivity index (χ1n) is 6.56. The molecular weight excluding hydrogens is 361 g/mol. The van der Waals surface area contributed by atoms with Crippen LogP contribution in [0.3, 0.4) is 0 Å². The molecule has 1 saturated carbocycles. The molecule has 7 heteroatoms. The minimum absolute atomic E-state index is 0.217. The van der Waals surface area contributed by atoms with Crippen LogP contribution in [0.15, 0.2) is 31.9 Å². The molecule has 0 saturated heterocycles. The maximum Gasteiger partial charge on any atom is 0.442 e. The van der Waals surface area contributed by atoms with Crippen molar-refractivity contribution < 1.29 is 18.1 Å². The maximum atomic E-state index is 13.7. The van der Waals surface area contributed by atoms with Gasteiger partial charge in [0.2, 0.25) is 0 Å². The zero-order valence-corrected chi connectivity index (χ0v) is 14.5. The molecule has 0 radical (unpaired) electrons. The van der Waals surface area contributed by atoms with Crippen LogP contribution in [-0.4, -0.2) is 21.2 Å². The van der Waals surface area contributed by atoms with Crippen LogP contribution in [0.2, 0.25) is 0 Å². The van der Waals surface area contributed by atoms with E-state index in [1.54, 1.807) is 20.8 Å². The molecule has 1 amide bonds. The quantitative estimate of drug-likeness (QED) is 0.761. The van der Waals surface area contributed by atoms with Gasteiger partial charge in [0, 0.05) is 5.25 Å². The van der Waals surface area contributed by atoms with Gasteiger partial charge < -0.3 is 4.74 Å². The molecule has 1 aromatic carbocycles. The molecule has 1 atom stereocenters. The van der Waals surface area contributed by atoms with Crippen molar-refractivity contribution in [1.29, 1.82) is 0 Å². The van der Waals surface area contributed by atoms with Gasteiger partial charge in [0.05, 0.1) is 19.1 Å². The van der Waals surface area contributed by atoms with E-state index in [9.17, 15) is 13.4 Å². The minimum Gasteiger partial charge on any atom is -0.442 e. The maximum absolute atomic E-state index is 13.7. The van der Waals surface area contributed by atoms with E-state index in [1.807, 2.05) is 0 Å². The first-order chi connectivity index (χ1) is 9.62. The molecule has 0 aliphatic heterocycles. The second-order valence-corrected chi connectivity index (χ2v) is 9.23. The highest BCUT2D eigenvalue weighted by molar-refractivity contribution is 9.10. The first kappa shape index (κ1) is 16.4. The van der Waals surface area contributed by atoms with Crippen LogP contribution in [0.25, 0.3) is 0 Å². The third-order valence-electron chi connectivity index (χ3n) is 2.81. The Balaban J connectivity index is 2.43. The summed E-state index contributed by atoms with van der Waals surface area (Å²) in [6, 6.07) is 4.16. The van der Waals surface area contributed by atoms with Crippen molar-refractivity contribution in [3.8, 4) is 0 Å². The van der Waals surface area contributed by atoms with Crippen molar-refractivity contribution in [1.82, 2.24) is 0 Å². The molecule has 0 heterocycles. The van der Waals surface area contributed by atoms with Gasteiger partial charge >= 0.3 is 6.09 Å². The SMILES string of the molecule is CC(C)(C)OC(=O)N=S(=O)(c1ccc(Br)c(F)c1)C1CC1. The summed E-state index contributed by atoms with van der Waals surface area (Å²) in [4.78, 5) is 12.1. The highest BCUT2D eigenvalue weighted by atomic mass is 79.9.